The lowest BCUT2D eigenvalue weighted by Crippen LogP contribution is -2.30. The van der Waals surface area contributed by atoms with Crippen LogP contribution in [0.25, 0.3) is 32.9 Å². The molecule has 1 aliphatic carbocycles. The van der Waals surface area contributed by atoms with E-state index in [0.717, 1.165) is 38.7 Å². The summed E-state index contributed by atoms with van der Waals surface area (Å²) in [5.41, 5.74) is 7.31. The van der Waals surface area contributed by atoms with Gasteiger partial charge in [-0.2, -0.15) is 0 Å². The smallest absolute Gasteiger partial charge is 0.407 e. The highest BCUT2D eigenvalue weighted by Crippen LogP contribution is 2.44. The van der Waals surface area contributed by atoms with E-state index >= 15 is 0 Å². The Hall–Kier alpha value is -5.70. The summed E-state index contributed by atoms with van der Waals surface area (Å²) >= 11 is 0. The van der Waals surface area contributed by atoms with Crippen LogP contribution in [-0.4, -0.2) is 41.8 Å². The monoisotopic (exact) mass is 612 g/mol. The lowest BCUT2D eigenvalue weighted by molar-refractivity contribution is -0.142. The second kappa shape index (κ2) is 12.4. The van der Waals surface area contributed by atoms with Crippen LogP contribution in [0.15, 0.2) is 113 Å². The van der Waals surface area contributed by atoms with Crippen molar-refractivity contribution in [3.63, 3.8) is 0 Å². The van der Waals surface area contributed by atoms with Crippen LogP contribution in [-0.2, 0) is 20.7 Å². The minimum absolute atomic E-state index is 0.0604. The number of aromatic amines is 1. The molecule has 7 rings (SSSR count). The summed E-state index contributed by atoms with van der Waals surface area (Å²) < 4.78 is 17.1. The largest absolute Gasteiger partial charge is 0.467 e. The minimum atomic E-state index is -0.878. The summed E-state index contributed by atoms with van der Waals surface area (Å²) in [6, 6.07) is 30.1. The Labute approximate surface area is 264 Å². The van der Waals surface area contributed by atoms with E-state index < -0.39 is 24.1 Å². The molecule has 0 aliphatic heterocycles. The standard InChI is InChI=1S/C37H32N4O5/c1-22(39-37(43)45-21-30-27-14-5-3-12-25(27)26-13-4-6-15-28(26)30)34-40-32-18-10-8-16-29(32)35(46-34)41-33(36(42)44-2)19-23-20-38-31-17-9-7-11-24(23)31/h3-18,20,22,30,33,38H,19,21H2,1-2H3,(H,39,43)/t22-,33+/m0/s1. The first-order valence-corrected chi connectivity index (χ1v) is 15.2. The number of fused-ring (bicyclic) bond motifs is 5. The Morgan fingerprint density at radius 3 is 2.30 bits per heavy atom. The molecule has 0 spiro atoms. The van der Waals surface area contributed by atoms with Gasteiger partial charge in [-0.15, -0.1) is 0 Å². The number of ether oxygens (including phenoxy) is 2. The average molecular weight is 613 g/mol. The molecule has 0 radical (unpaired) electrons. The van der Waals surface area contributed by atoms with Crippen LogP contribution in [0.5, 0.6) is 0 Å². The highest BCUT2D eigenvalue weighted by molar-refractivity contribution is 5.85. The number of H-pyrrole nitrogens is 1. The fourth-order valence-electron chi connectivity index (χ4n) is 6.18. The van der Waals surface area contributed by atoms with Crippen molar-refractivity contribution < 1.29 is 23.5 Å². The van der Waals surface area contributed by atoms with Crippen LogP contribution < -0.4 is 10.9 Å². The van der Waals surface area contributed by atoms with E-state index in [2.05, 4.69) is 39.6 Å². The maximum atomic E-state index is 13.1. The Kier molecular flexibility index (Phi) is 7.80. The van der Waals surface area contributed by atoms with Crippen LogP contribution in [0.1, 0.15) is 41.5 Å². The molecule has 0 bridgehead atoms. The van der Waals surface area contributed by atoms with Gasteiger partial charge in [-0.05, 0) is 52.9 Å². The first kappa shape index (κ1) is 29.0. The highest BCUT2D eigenvalue weighted by atomic mass is 16.5. The van der Waals surface area contributed by atoms with Crippen LogP contribution >= 0.6 is 0 Å². The number of alkyl carbamates (subject to hydrolysis) is 1. The number of hydrogen-bond acceptors (Lipinski definition) is 7. The van der Waals surface area contributed by atoms with Gasteiger partial charge in [0.15, 0.2) is 6.04 Å². The van der Waals surface area contributed by atoms with Crippen LogP contribution in [0.3, 0.4) is 0 Å². The molecule has 9 heteroatoms. The summed E-state index contributed by atoms with van der Waals surface area (Å²) in [6.45, 7) is 1.94. The van der Waals surface area contributed by atoms with Gasteiger partial charge in [0.1, 0.15) is 12.6 Å². The second-order valence-corrected chi connectivity index (χ2v) is 11.3. The van der Waals surface area contributed by atoms with Gasteiger partial charge >= 0.3 is 12.1 Å². The van der Waals surface area contributed by atoms with Crippen molar-refractivity contribution in [3.05, 3.63) is 131 Å². The van der Waals surface area contributed by atoms with Crippen molar-refractivity contribution in [2.45, 2.75) is 31.3 Å². The van der Waals surface area contributed by atoms with Gasteiger partial charge in [-0.3, -0.25) is 0 Å². The van der Waals surface area contributed by atoms with Crippen LogP contribution in [0, 0.1) is 0 Å². The molecule has 0 saturated carbocycles. The molecule has 6 aromatic rings. The topological polar surface area (TPSA) is 119 Å². The number of carbonyl (C=O) groups is 2. The minimum Gasteiger partial charge on any atom is -0.467 e. The van der Waals surface area contributed by atoms with Gasteiger partial charge in [0, 0.05) is 29.4 Å². The number of carbonyl (C=O) groups excluding carboxylic acids is 2. The maximum Gasteiger partial charge on any atom is 0.407 e. The molecule has 0 unspecified atom stereocenters. The lowest BCUT2D eigenvalue weighted by Gasteiger charge is -2.17. The quantitative estimate of drug-likeness (QED) is 0.187. The SMILES string of the molecule is COC(=O)[C@@H](Cc1c[nH]c2ccccc12)N=c1oc([C@H](C)NC(=O)OCC2c3ccccc3-c3ccccc32)nc2ccccc12. The van der Waals surface area contributed by atoms with Gasteiger partial charge in [0.05, 0.1) is 18.0 Å². The third-order valence-electron chi connectivity index (χ3n) is 8.45. The van der Waals surface area contributed by atoms with Crippen molar-refractivity contribution in [1.82, 2.24) is 15.3 Å². The molecule has 2 atom stereocenters. The molecule has 230 valence electrons. The zero-order chi connectivity index (χ0) is 31.6. The number of benzene rings is 4. The number of amides is 1. The van der Waals surface area contributed by atoms with Gasteiger partial charge < -0.3 is 24.2 Å². The van der Waals surface area contributed by atoms with E-state index in [9.17, 15) is 9.59 Å². The van der Waals surface area contributed by atoms with Crippen LogP contribution in [0.2, 0.25) is 0 Å². The summed E-state index contributed by atoms with van der Waals surface area (Å²) in [5, 5.41) is 4.49. The van der Waals surface area contributed by atoms with Crippen molar-refractivity contribution >= 4 is 33.9 Å². The lowest BCUT2D eigenvalue weighted by atomic mass is 9.98. The zero-order valence-corrected chi connectivity index (χ0v) is 25.4. The number of esters is 1. The fraction of sp³-hybridized carbons (Fsp3) is 0.189. The molecule has 46 heavy (non-hydrogen) atoms. The maximum absolute atomic E-state index is 13.1. The highest BCUT2D eigenvalue weighted by Gasteiger charge is 2.29. The van der Waals surface area contributed by atoms with Crippen molar-refractivity contribution in [3.8, 4) is 11.1 Å². The van der Waals surface area contributed by atoms with Gasteiger partial charge in [0.2, 0.25) is 11.4 Å². The normalized spacial score (nSPS) is 14.1. The Morgan fingerprint density at radius 2 is 1.57 bits per heavy atom. The molecule has 2 heterocycles. The van der Waals surface area contributed by atoms with Crippen molar-refractivity contribution in [2.75, 3.05) is 13.7 Å². The first-order chi connectivity index (χ1) is 22.5. The third-order valence-corrected chi connectivity index (χ3v) is 8.45. The summed E-state index contributed by atoms with van der Waals surface area (Å²) in [6.07, 6.45) is 1.58. The third kappa shape index (κ3) is 5.51. The molecule has 0 saturated heterocycles. The van der Waals surface area contributed by atoms with E-state index in [4.69, 9.17) is 18.9 Å². The molecular formula is C37H32N4O5. The second-order valence-electron chi connectivity index (χ2n) is 11.3. The number of hydrogen-bond donors (Lipinski definition) is 2. The van der Waals surface area contributed by atoms with E-state index in [1.807, 2.05) is 79.0 Å². The fourth-order valence-corrected chi connectivity index (χ4v) is 6.18. The predicted octanol–water partition coefficient (Wildman–Crippen LogP) is 6.59. The van der Waals surface area contributed by atoms with Crippen molar-refractivity contribution in [2.24, 2.45) is 4.99 Å². The van der Waals surface area contributed by atoms with Gasteiger partial charge in [0.25, 0.3) is 0 Å². The molecule has 0 fully saturated rings. The number of para-hydroxylation sites is 2. The molecule has 4 aromatic carbocycles. The van der Waals surface area contributed by atoms with E-state index in [1.54, 1.807) is 6.92 Å². The summed E-state index contributed by atoms with van der Waals surface area (Å²) in [7, 11) is 1.34. The van der Waals surface area contributed by atoms with Gasteiger partial charge in [-0.1, -0.05) is 78.9 Å². The molecule has 9 nitrogen and oxygen atoms in total. The molecular weight excluding hydrogens is 580 g/mol. The molecule has 2 aromatic heterocycles. The van der Waals surface area contributed by atoms with E-state index in [1.165, 1.54) is 7.11 Å². The van der Waals surface area contributed by atoms with Crippen LogP contribution in [0.4, 0.5) is 4.79 Å². The summed E-state index contributed by atoms with van der Waals surface area (Å²) in [4.78, 5) is 38.7. The molecule has 1 amide bonds. The molecule has 2 N–H and O–H groups in total. The number of rotatable bonds is 8. The van der Waals surface area contributed by atoms with E-state index in [-0.39, 0.29) is 24.0 Å². The number of methoxy groups -OCH3 is 1. The zero-order valence-electron chi connectivity index (χ0n) is 25.4. The number of nitrogens with one attached hydrogen (secondary N) is 2. The average Bonchev–Trinajstić information content (AvgIpc) is 3.65. The summed E-state index contributed by atoms with van der Waals surface area (Å²) in [5.74, 6) is -0.329. The predicted molar refractivity (Wildman–Crippen MR) is 174 cm³/mol. The first-order valence-electron chi connectivity index (χ1n) is 15.2. The Morgan fingerprint density at radius 1 is 0.913 bits per heavy atom. The Bertz CT molecular complexity index is 2100. The van der Waals surface area contributed by atoms with Gasteiger partial charge in [-0.25, -0.2) is 19.6 Å². The van der Waals surface area contributed by atoms with E-state index in [0.29, 0.717) is 17.3 Å². The van der Waals surface area contributed by atoms with Crippen molar-refractivity contribution in [1.29, 1.82) is 0 Å². The molecule has 1 aliphatic rings. The Balaban J connectivity index is 1.14. The number of aromatic nitrogens is 2. The number of nitrogens with zero attached hydrogens (tertiary/aromatic N) is 2.